The fourth-order valence-electron chi connectivity index (χ4n) is 1.57. The summed E-state index contributed by atoms with van der Waals surface area (Å²) in [4.78, 5) is 2.16. The molecule has 0 aromatic carbocycles. The van der Waals surface area contributed by atoms with E-state index in [-0.39, 0.29) is 11.0 Å². The monoisotopic (exact) mass is 195 g/mol. The van der Waals surface area contributed by atoms with Crippen molar-refractivity contribution in [2.45, 2.75) is 47.1 Å². The van der Waals surface area contributed by atoms with Gasteiger partial charge in [0.1, 0.15) is 11.7 Å². The van der Waals surface area contributed by atoms with Crippen LogP contribution in [0.25, 0.3) is 0 Å². The van der Waals surface area contributed by atoms with Crippen molar-refractivity contribution in [2.75, 3.05) is 0 Å². The number of hydrogen-bond donors (Lipinski definition) is 1. The quantitative estimate of drug-likeness (QED) is 0.643. The van der Waals surface area contributed by atoms with Crippen LogP contribution in [0, 0.1) is 5.41 Å². The first-order chi connectivity index (χ1) is 6.14. The van der Waals surface area contributed by atoms with Gasteiger partial charge in [-0.15, -0.1) is 0 Å². The van der Waals surface area contributed by atoms with E-state index in [9.17, 15) is 0 Å². The van der Waals surface area contributed by atoms with Gasteiger partial charge in [0, 0.05) is 11.0 Å². The van der Waals surface area contributed by atoms with E-state index in [1.54, 1.807) is 0 Å². The second kappa shape index (κ2) is 3.01. The Morgan fingerprint density at radius 3 is 1.93 bits per heavy atom. The van der Waals surface area contributed by atoms with E-state index >= 15 is 0 Å². The maximum atomic E-state index is 4.33. The van der Waals surface area contributed by atoms with Gasteiger partial charge in [0.2, 0.25) is 0 Å². The van der Waals surface area contributed by atoms with Gasteiger partial charge < -0.3 is 4.90 Å². The summed E-state index contributed by atoms with van der Waals surface area (Å²) in [6, 6.07) is 0. The first-order valence-electron chi connectivity index (χ1n) is 4.97. The van der Waals surface area contributed by atoms with Crippen molar-refractivity contribution in [1.29, 1.82) is 0 Å². The zero-order valence-corrected chi connectivity index (χ0v) is 10.1. The van der Waals surface area contributed by atoms with Crippen LogP contribution in [0.15, 0.2) is 17.5 Å². The third-order valence-electron chi connectivity index (χ3n) is 2.11. The van der Waals surface area contributed by atoms with Crippen LogP contribution in [-0.4, -0.2) is 16.3 Å². The molecule has 0 saturated carbocycles. The molecule has 0 atom stereocenters. The van der Waals surface area contributed by atoms with Crippen molar-refractivity contribution in [3.63, 3.8) is 0 Å². The first kappa shape index (κ1) is 11.1. The molecule has 0 unspecified atom stereocenters. The molecule has 0 aliphatic carbocycles. The van der Waals surface area contributed by atoms with E-state index in [0.29, 0.717) is 0 Å². The molecular formula is C11H21N3. The first-order valence-corrected chi connectivity index (χ1v) is 4.97. The molecule has 1 rings (SSSR count). The van der Waals surface area contributed by atoms with Crippen LogP contribution in [0.3, 0.4) is 0 Å². The minimum atomic E-state index is 0.0205. The molecule has 0 fully saturated rings. The van der Waals surface area contributed by atoms with Gasteiger partial charge in [0.15, 0.2) is 0 Å². The third kappa shape index (κ3) is 1.91. The van der Waals surface area contributed by atoms with Gasteiger partial charge in [0.25, 0.3) is 0 Å². The smallest absolute Gasteiger partial charge is 0.136 e. The van der Waals surface area contributed by atoms with E-state index in [0.717, 1.165) is 11.7 Å². The second-order valence-corrected chi connectivity index (χ2v) is 5.75. The summed E-state index contributed by atoms with van der Waals surface area (Å²) in [6.45, 7) is 16.9. The molecule has 1 aliphatic heterocycles. The molecule has 0 radical (unpaired) electrons. The van der Waals surface area contributed by atoms with E-state index < -0.39 is 0 Å². The standard InChI is InChI=1S/C11H21N3/c1-8-12-13-9(10(2,3)4)14(8)11(5,6)7/h12H,1H2,2-7H3. The SMILES string of the molecule is C=C1NN=C(C(C)(C)C)N1C(C)(C)C. The molecule has 80 valence electrons. The van der Waals surface area contributed by atoms with Crippen LogP contribution < -0.4 is 5.43 Å². The molecule has 14 heavy (non-hydrogen) atoms. The lowest BCUT2D eigenvalue weighted by atomic mass is 9.91. The van der Waals surface area contributed by atoms with Crippen LogP contribution in [0.1, 0.15) is 41.5 Å². The lowest BCUT2D eigenvalue weighted by Crippen LogP contribution is -2.47. The predicted molar refractivity (Wildman–Crippen MR) is 60.8 cm³/mol. The number of amidine groups is 1. The Morgan fingerprint density at radius 2 is 1.64 bits per heavy atom. The highest BCUT2D eigenvalue weighted by Gasteiger charge is 2.37. The Balaban J connectivity index is 3.04. The average molecular weight is 195 g/mol. The van der Waals surface area contributed by atoms with E-state index in [1.807, 2.05) is 0 Å². The van der Waals surface area contributed by atoms with Crippen molar-refractivity contribution in [1.82, 2.24) is 10.3 Å². The molecular weight excluding hydrogens is 174 g/mol. The van der Waals surface area contributed by atoms with Crippen LogP contribution in [-0.2, 0) is 0 Å². The molecule has 0 amide bonds. The van der Waals surface area contributed by atoms with Crippen molar-refractivity contribution in [2.24, 2.45) is 10.5 Å². The Labute approximate surface area is 86.9 Å². The van der Waals surface area contributed by atoms with Crippen LogP contribution in [0.5, 0.6) is 0 Å². The van der Waals surface area contributed by atoms with E-state index in [4.69, 9.17) is 0 Å². The van der Waals surface area contributed by atoms with E-state index in [2.05, 4.69) is 63.5 Å². The van der Waals surface area contributed by atoms with Crippen molar-refractivity contribution in [3.05, 3.63) is 12.4 Å². The maximum absolute atomic E-state index is 4.33. The minimum absolute atomic E-state index is 0.0205. The highest BCUT2D eigenvalue weighted by atomic mass is 15.5. The fraction of sp³-hybridized carbons (Fsp3) is 0.727. The van der Waals surface area contributed by atoms with Crippen molar-refractivity contribution >= 4 is 5.84 Å². The number of rotatable bonds is 0. The number of nitrogens with zero attached hydrogens (tertiary/aromatic N) is 2. The van der Waals surface area contributed by atoms with Gasteiger partial charge in [-0.2, -0.15) is 5.10 Å². The van der Waals surface area contributed by atoms with Gasteiger partial charge in [0.05, 0.1) is 0 Å². The largest absolute Gasteiger partial charge is 0.308 e. The molecule has 1 aliphatic rings. The summed E-state index contributed by atoms with van der Waals surface area (Å²) in [5, 5.41) is 4.33. The molecule has 1 N–H and O–H groups in total. The Hall–Kier alpha value is -0.990. The molecule has 0 saturated heterocycles. The summed E-state index contributed by atoms with van der Waals surface area (Å²) < 4.78 is 0. The summed E-state index contributed by atoms with van der Waals surface area (Å²) in [6.07, 6.45) is 0. The van der Waals surface area contributed by atoms with Gasteiger partial charge in [-0.05, 0) is 20.8 Å². The molecule has 3 nitrogen and oxygen atoms in total. The second-order valence-electron chi connectivity index (χ2n) is 5.75. The summed E-state index contributed by atoms with van der Waals surface area (Å²) in [5.74, 6) is 1.91. The lowest BCUT2D eigenvalue weighted by Gasteiger charge is -2.38. The van der Waals surface area contributed by atoms with Gasteiger partial charge in [-0.3, -0.25) is 5.43 Å². The predicted octanol–water partition coefficient (Wildman–Crippen LogP) is 2.52. The van der Waals surface area contributed by atoms with Gasteiger partial charge in [-0.25, -0.2) is 0 Å². The molecule has 0 bridgehead atoms. The number of hydrogen-bond acceptors (Lipinski definition) is 3. The minimum Gasteiger partial charge on any atom is -0.308 e. The lowest BCUT2D eigenvalue weighted by molar-refractivity contribution is 0.271. The van der Waals surface area contributed by atoms with Gasteiger partial charge >= 0.3 is 0 Å². The third-order valence-corrected chi connectivity index (χ3v) is 2.11. The average Bonchev–Trinajstić information content (AvgIpc) is 2.27. The van der Waals surface area contributed by atoms with Crippen LogP contribution in [0.2, 0.25) is 0 Å². The van der Waals surface area contributed by atoms with Gasteiger partial charge in [-0.1, -0.05) is 27.4 Å². The maximum Gasteiger partial charge on any atom is 0.136 e. The Morgan fingerprint density at radius 1 is 1.14 bits per heavy atom. The van der Waals surface area contributed by atoms with Crippen molar-refractivity contribution in [3.8, 4) is 0 Å². The molecule has 1 heterocycles. The zero-order chi connectivity index (χ0) is 11.1. The summed E-state index contributed by atoms with van der Waals surface area (Å²) in [5.41, 5.74) is 3.01. The summed E-state index contributed by atoms with van der Waals surface area (Å²) in [7, 11) is 0. The highest BCUT2D eigenvalue weighted by Crippen LogP contribution is 2.30. The number of nitrogens with one attached hydrogen (secondary N) is 1. The summed E-state index contributed by atoms with van der Waals surface area (Å²) >= 11 is 0. The topological polar surface area (TPSA) is 27.6 Å². The molecule has 0 aromatic heterocycles. The molecule has 0 spiro atoms. The zero-order valence-electron chi connectivity index (χ0n) is 10.1. The molecule has 0 aromatic rings. The highest BCUT2D eigenvalue weighted by molar-refractivity contribution is 5.90. The fourth-order valence-corrected chi connectivity index (χ4v) is 1.57. The Bertz CT molecular complexity index is 276. The van der Waals surface area contributed by atoms with Crippen LogP contribution >= 0.6 is 0 Å². The Kier molecular flexibility index (Phi) is 2.38. The normalized spacial score (nSPS) is 18.3. The van der Waals surface area contributed by atoms with E-state index in [1.165, 1.54) is 0 Å². The number of hydrazone groups is 1. The van der Waals surface area contributed by atoms with Crippen molar-refractivity contribution < 1.29 is 0 Å². The van der Waals surface area contributed by atoms with Crippen LogP contribution in [0.4, 0.5) is 0 Å². The molecule has 3 heteroatoms.